The van der Waals surface area contributed by atoms with E-state index in [-0.39, 0.29) is 11.0 Å². The first kappa shape index (κ1) is 22.6. The van der Waals surface area contributed by atoms with Crippen molar-refractivity contribution in [1.82, 2.24) is 9.88 Å². The van der Waals surface area contributed by atoms with Gasteiger partial charge in [0.15, 0.2) is 9.84 Å². The lowest BCUT2D eigenvalue weighted by Gasteiger charge is -2.25. The van der Waals surface area contributed by atoms with Crippen LogP contribution in [0.4, 0.5) is 5.69 Å². The first-order chi connectivity index (χ1) is 16.4. The van der Waals surface area contributed by atoms with Crippen molar-refractivity contribution in [3.05, 3.63) is 77.7 Å². The molecule has 0 spiro atoms. The van der Waals surface area contributed by atoms with E-state index in [0.29, 0.717) is 11.5 Å². The Kier molecular flexibility index (Phi) is 6.10. The van der Waals surface area contributed by atoms with Crippen LogP contribution in [-0.2, 0) is 21.1 Å². The third-order valence-electron chi connectivity index (χ3n) is 6.17. The summed E-state index contributed by atoms with van der Waals surface area (Å²) >= 11 is 0. The highest BCUT2D eigenvalue weighted by Gasteiger charge is 2.23. The highest BCUT2D eigenvalue weighted by Crippen LogP contribution is 2.39. The van der Waals surface area contributed by atoms with Gasteiger partial charge in [0.25, 0.3) is 0 Å². The molecular formula is C26H29N3O4S. The second kappa shape index (κ2) is 9.19. The van der Waals surface area contributed by atoms with E-state index >= 15 is 0 Å². The van der Waals surface area contributed by atoms with Crippen LogP contribution in [0.25, 0.3) is 5.57 Å². The number of anilines is 1. The molecule has 1 unspecified atom stereocenters. The van der Waals surface area contributed by atoms with Crippen molar-refractivity contribution in [2.45, 2.75) is 30.4 Å². The minimum atomic E-state index is -3.38. The van der Waals surface area contributed by atoms with E-state index in [9.17, 15) is 8.42 Å². The fourth-order valence-corrected chi connectivity index (χ4v) is 5.11. The zero-order valence-electron chi connectivity index (χ0n) is 19.4. The molecule has 2 aliphatic rings. The maximum Gasteiger partial charge on any atom is 0.175 e. The lowest BCUT2D eigenvalue weighted by molar-refractivity contribution is 0.120. The maximum absolute atomic E-state index is 12.3. The van der Waals surface area contributed by atoms with Crippen LogP contribution in [0.1, 0.15) is 29.7 Å². The van der Waals surface area contributed by atoms with E-state index in [1.165, 1.54) is 6.26 Å². The number of rotatable bonds is 7. The number of hydrogen-bond donors (Lipinski definition) is 2. The van der Waals surface area contributed by atoms with Crippen LogP contribution in [0, 0.1) is 0 Å². The molecule has 1 fully saturated rings. The summed E-state index contributed by atoms with van der Waals surface area (Å²) in [5, 5.41) is 3.43. The highest BCUT2D eigenvalue weighted by molar-refractivity contribution is 7.90. The Balaban J connectivity index is 1.48. The van der Waals surface area contributed by atoms with Crippen LogP contribution in [-0.4, -0.2) is 50.9 Å². The second-order valence-corrected chi connectivity index (χ2v) is 10.9. The molecule has 7 nitrogen and oxygen atoms in total. The van der Waals surface area contributed by atoms with Crippen molar-refractivity contribution in [1.29, 1.82) is 0 Å². The van der Waals surface area contributed by atoms with E-state index in [2.05, 4.69) is 15.2 Å². The van der Waals surface area contributed by atoms with Gasteiger partial charge in [0.2, 0.25) is 0 Å². The predicted octanol–water partition coefficient (Wildman–Crippen LogP) is 4.64. The summed E-state index contributed by atoms with van der Waals surface area (Å²) in [5.74, 6) is 1.27. The topological polar surface area (TPSA) is 83.7 Å². The summed E-state index contributed by atoms with van der Waals surface area (Å²) < 4.78 is 36.7. The van der Waals surface area contributed by atoms with Gasteiger partial charge in [-0.15, -0.1) is 0 Å². The van der Waals surface area contributed by atoms with Crippen molar-refractivity contribution in [2.75, 3.05) is 31.8 Å². The minimum Gasteiger partial charge on any atom is -0.457 e. The summed E-state index contributed by atoms with van der Waals surface area (Å²) in [6.07, 6.45) is 7.58. The highest BCUT2D eigenvalue weighted by atomic mass is 32.2. The van der Waals surface area contributed by atoms with E-state index in [4.69, 9.17) is 9.47 Å². The number of benzene rings is 2. The van der Waals surface area contributed by atoms with Gasteiger partial charge in [-0.1, -0.05) is 6.07 Å². The molecule has 1 atom stereocenters. The number of nitrogens with one attached hydrogen (secondary N) is 2. The third kappa shape index (κ3) is 4.83. The van der Waals surface area contributed by atoms with E-state index in [1.807, 2.05) is 49.8 Å². The van der Waals surface area contributed by atoms with Gasteiger partial charge in [-0.2, -0.15) is 0 Å². The largest absolute Gasteiger partial charge is 0.457 e. The molecule has 8 heteroatoms. The third-order valence-corrected chi connectivity index (χ3v) is 7.28. The summed E-state index contributed by atoms with van der Waals surface area (Å²) in [4.78, 5) is 5.61. The Hall–Kier alpha value is -3.23. The number of aromatic nitrogens is 1. The molecule has 34 heavy (non-hydrogen) atoms. The van der Waals surface area contributed by atoms with Gasteiger partial charge in [-0.25, -0.2) is 8.42 Å². The van der Waals surface area contributed by atoms with Crippen LogP contribution in [0.3, 0.4) is 0 Å². The van der Waals surface area contributed by atoms with Crippen molar-refractivity contribution in [2.24, 2.45) is 0 Å². The Labute approximate surface area is 200 Å². The number of sulfone groups is 1. The fourth-order valence-electron chi connectivity index (χ4n) is 4.46. The zero-order chi connectivity index (χ0) is 23.7. The quantitative estimate of drug-likeness (QED) is 0.514. The van der Waals surface area contributed by atoms with Crippen molar-refractivity contribution in [3.8, 4) is 11.5 Å². The molecule has 1 aromatic heterocycles. The van der Waals surface area contributed by atoms with Gasteiger partial charge in [0, 0.05) is 73.0 Å². The Morgan fingerprint density at radius 2 is 2.06 bits per heavy atom. The Morgan fingerprint density at radius 1 is 1.18 bits per heavy atom. The summed E-state index contributed by atoms with van der Waals surface area (Å²) in [6.45, 7) is 2.34. The van der Waals surface area contributed by atoms with Crippen LogP contribution in [0.5, 0.6) is 11.5 Å². The molecule has 178 valence electrons. The van der Waals surface area contributed by atoms with Gasteiger partial charge >= 0.3 is 0 Å². The molecule has 0 aliphatic carbocycles. The smallest absolute Gasteiger partial charge is 0.175 e. The molecule has 0 saturated carbocycles. The second-order valence-electron chi connectivity index (χ2n) is 8.90. The maximum atomic E-state index is 12.3. The zero-order valence-corrected chi connectivity index (χ0v) is 20.2. The van der Waals surface area contributed by atoms with Crippen LogP contribution >= 0.6 is 0 Å². The van der Waals surface area contributed by atoms with Crippen molar-refractivity contribution in [3.63, 3.8) is 0 Å². The average Bonchev–Trinajstić information content (AvgIpc) is 3.49. The molecule has 3 heterocycles. The van der Waals surface area contributed by atoms with Crippen molar-refractivity contribution >= 4 is 21.1 Å². The molecule has 0 bridgehead atoms. The monoisotopic (exact) mass is 479 g/mol. The fraction of sp³-hybridized carbons (Fsp3) is 0.308. The molecular weight excluding hydrogens is 450 g/mol. The van der Waals surface area contributed by atoms with Gasteiger partial charge in [0.1, 0.15) is 11.5 Å². The SMILES string of the molecule is CN1C=C(c2cc(S(C)(=O)=O)ccc2Oc2cccc(NCC3CCCO3)c2)c2cc[nH]c2C1. The van der Waals surface area contributed by atoms with Gasteiger partial charge in [-0.3, -0.25) is 0 Å². The van der Waals surface area contributed by atoms with Crippen LogP contribution in [0.15, 0.2) is 65.8 Å². The van der Waals surface area contributed by atoms with Crippen LogP contribution < -0.4 is 10.1 Å². The molecule has 3 aromatic rings. The first-order valence-corrected chi connectivity index (χ1v) is 13.3. The predicted molar refractivity (Wildman–Crippen MR) is 133 cm³/mol. The lowest BCUT2D eigenvalue weighted by atomic mass is 9.95. The number of H-pyrrole nitrogens is 1. The number of aromatic amines is 1. The number of fused-ring (bicyclic) bond motifs is 1. The molecule has 0 amide bonds. The molecule has 2 N–H and O–H groups in total. The van der Waals surface area contributed by atoms with Crippen molar-refractivity contribution < 1.29 is 17.9 Å². The normalized spacial score (nSPS) is 17.9. The molecule has 2 aromatic carbocycles. The van der Waals surface area contributed by atoms with Gasteiger partial charge < -0.3 is 24.7 Å². The molecule has 0 radical (unpaired) electrons. The number of nitrogens with zero attached hydrogens (tertiary/aromatic N) is 1. The van der Waals surface area contributed by atoms with Crippen LogP contribution in [0.2, 0.25) is 0 Å². The first-order valence-electron chi connectivity index (χ1n) is 11.4. The Morgan fingerprint density at radius 3 is 2.85 bits per heavy atom. The molecule has 2 aliphatic heterocycles. The summed E-state index contributed by atoms with van der Waals surface area (Å²) in [7, 11) is -1.39. The molecule has 5 rings (SSSR count). The standard InChI is InChI=1S/C26H29N3O4S/c1-29-16-24(22-10-11-27-25(22)17-29)23-14-21(34(2,30)31)8-9-26(23)33-19-6-3-5-18(13-19)28-15-20-7-4-12-32-20/h3,5-6,8-11,13-14,16,20,27-28H,4,7,12,15,17H2,1-2H3. The number of ether oxygens (including phenoxy) is 2. The minimum absolute atomic E-state index is 0.241. The van der Waals surface area contributed by atoms with E-state index in [1.54, 1.807) is 18.2 Å². The van der Waals surface area contributed by atoms with Gasteiger partial charge in [-0.05, 0) is 49.2 Å². The number of hydrogen-bond acceptors (Lipinski definition) is 6. The lowest BCUT2D eigenvalue weighted by Crippen LogP contribution is -2.18. The Bertz CT molecular complexity index is 1320. The molecule has 1 saturated heterocycles. The van der Waals surface area contributed by atoms with E-state index in [0.717, 1.165) is 60.6 Å². The van der Waals surface area contributed by atoms with Gasteiger partial charge in [0.05, 0.1) is 17.5 Å². The summed E-state index contributed by atoms with van der Waals surface area (Å²) in [6, 6.07) is 14.8. The van der Waals surface area contributed by atoms with E-state index < -0.39 is 9.84 Å². The summed E-state index contributed by atoms with van der Waals surface area (Å²) in [5.41, 5.74) is 4.72. The average molecular weight is 480 g/mol.